The van der Waals surface area contributed by atoms with Crippen LogP contribution >= 0.6 is 12.4 Å². The van der Waals surface area contributed by atoms with E-state index in [0.717, 1.165) is 18.7 Å². The number of hydrogen-bond donors (Lipinski definition) is 1. The molecule has 24 heavy (non-hydrogen) atoms. The first-order valence-electron chi connectivity index (χ1n) is 8.14. The second-order valence-corrected chi connectivity index (χ2v) is 6.15. The summed E-state index contributed by atoms with van der Waals surface area (Å²) in [5, 5.41) is 7.41. The molecule has 2 atom stereocenters. The Bertz CT molecular complexity index is 634. The molecule has 0 bridgehead atoms. The highest BCUT2D eigenvalue weighted by Crippen LogP contribution is 2.23. The molecule has 132 valence electrons. The highest BCUT2D eigenvalue weighted by atomic mass is 35.5. The Morgan fingerprint density at radius 1 is 1.38 bits per heavy atom. The predicted octanol–water partition coefficient (Wildman–Crippen LogP) is 2.97. The Morgan fingerprint density at radius 2 is 2.12 bits per heavy atom. The molecule has 5 nitrogen and oxygen atoms in total. The number of likely N-dealkylation sites (N-methyl/N-ethyl adjacent to an activating group) is 1. The van der Waals surface area contributed by atoms with Gasteiger partial charge in [0.15, 0.2) is 5.82 Å². The summed E-state index contributed by atoms with van der Waals surface area (Å²) in [6.07, 6.45) is 2.93. The van der Waals surface area contributed by atoms with Crippen molar-refractivity contribution in [3.8, 4) is 0 Å². The van der Waals surface area contributed by atoms with Gasteiger partial charge in [0.1, 0.15) is 5.82 Å². The van der Waals surface area contributed by atoms with Gasteiger partial charge in [-0.05, 0) is 51.1 Å². The van der Waals surface area contributed by atoms with Crippen molar-refractivity contribution in [2.45, 2.75) is 38.3 Å². The summed E-state index contributed by atoms with van der Waals surface area (Å²) in [6, 6.07) is 7.02. The minimum Gasteiger partial charge on any atom is -0.338 e. The summed E-state index contributed by atoms with van der Waals surface area (Å²) in [7, 11) is 2.01. The van der Waals surface area contributed by atoms with Crippen LogP contribution in [0.5, 0.6) is 0 Å². The molecular weight excluding hydrogens is 331 g/mol. The Morgan fingerprint density at radius 3 is 2.83 bits per heavy atom. The van der Waals surface area contributed by atoms with E-state index in [0.29, 0.717) is 24.2 Å². The van der Waals surface area contributed by atoms with E-state index < -0.39 is 0 Å². The van der Waals surface area contributed by atoms with Gasteiger partial charge in [-0.15, -0.1) is 12.4 Å². The Hall–Kier alpha value is -1.50. The van der Waals surface area contributed by atoms with E-state index in [-0.39, 0.29) is 24.3 Å². The van der Waals surface area contributed by atoms with Crippen molar-refractivity contribution in [2.24, 2.45) is 0 Å². The SMILES string of the molecule is CNC1CCCN(C(C)c2nc(Cc3ccc(F)cc3)no2)C1.Cl. The summed E-state index contributed by atoms with van der Waals surface area (Å²) in [6.45, 7) is 4.15. The summed E-state index contributed by atoms with van der Waals surface area (Å²) in [4.78, 5) is 6.90. The van der Waals surface area contributed by atoms with E-state index in [1.807, 2.05) is 7.05 Å². The molecule has 1 N–H and O–H groups in total. The molecule has 2 aromatic rings. The third-order valence-electron chi connectivity index (χ3n) is 4.53. The van der Waals surface area contributed by atoms with E-state index in [2.05, 4.69) is 27.3 Å². The second-order valence-electron chi connectivity index (χ2n) is 6.15. The van der Waals surface area contributed by atoms with Crippen molar-refractivity contribution >= 4 is 12.4 Å². The molecule has 0 saturated carbocycles. The number of hydrogen-bond acceptors (Lipinski definition) is 5. The molecule has 3 rings (SSSR count). The molecule has 0 amide bonds. The number of piperidine rings is 1. The van der Waals surface area contributed by atoms with Crippen molar-refractivity contribution < 1.29 is 8.91 Å². The molecule has 1 aliphatic heterocycles. The van der Waals surface area contributed by atoms with E-state index in [4.69, 9.17) is 4.52 Å². The average Bonchev–Trinajstić information content (AvgIpc) is 3.05. The van der Waals surface area contributed by atoms with Crippen LogP contribution < -0.4 is 5.32 Å². The van der Waals surface area contributed by atoms with Crippen LogP contribution in [0.2, 0.25) is 0 Å². The van der Waals surface area contributed by atoms with Crippen LogP contribution in [0.4, 0.5) is 4.39 Å². The summed E-state index contributed by atoms with van der Waals surface area (Å²) < 4.78 is 18.4. The Balaban J connectivity index is 0.00000208. The first-order valence-corrected chi connectivity index (χ1v) is 8.14. The van der Waals surface area contributed by atoms with E-state index in [9.17, 15) is 4.39 Å². The molecule has 1 saturated heterocycles. The topological polar surface area (TPSA) is 54.2 Å². The molecule has 1 fully saturated rings. The van der Waals surface area contributed by atoms with Crippen LogP contribution in [-0.2, 0) is 6.42 Å². The third-order valence-corrected chi connectivity index (χ3v) is 4.53. The monoisotopic (exact) mass is 354 g/mol. The van der Waals surface area contributed by atoms with Crippen molar-refractivity contribution in [2.75, 3.05) is 20.1 Å². The first kappa shape index (κ1) is 18.8. The lowest BCUT2D eigenvalue weighted by atomic mass is 10.0. The number of aromatic nitrogens is 2. The minimum absolute atomic E-state index is 0. The van der Waals surface area contributed by atoms with Crippen molar-refractivity contribution in [3.05, 3.63) is 47.4 Å². The third kappa shape index (κ3) is 4.53. The van der Waals surface area contributed by atoms with Gasteiger partial charge in [-0.1, -0.05) is 17.3 Å². The average molecular weight is 355 g/mol. The van der Waals surface area contributed by atoms with E-state index in [1.165, 1.54) is 25.0 Å². The van der Waals surface area contributed by atoms with Gasteiger partial charge in [-0.3, -0.25) is 4.90 Å². The smallest absolute Gasteiger partial charge is 0.243 e. The number of benzene rings is 1. The number of nitrogens with zero attached hydrogens (tertiary/aromatic N) is 3. The Kier molecular flexibility index (Phi) is 6.71. The fraction of sp³-hybridized carbons (Fsp3) is 0.529. The van der Waals surface area contributed by atoms with Crippen LogP contribution in [0.25, 0.3) is 0 Å². The van der Waals surface area contributed by atoms with Crippen LogP contribution in [0, 0.1) is 5.82 Å². The molecule has 7 heteroatoms. The number of rotatable bonds is 5. The molecule has 2 heterocycles. The molecule has 1 aromatic heterocycles. The van der Waals surface area contributed by atoms with Gasteiger partial charge in [0.05, 0.1) is 6.04 Å². The first-order chi connectivity index (χ1) is 11.2. The lowest BCUT2D eigenvalue weighted by Crippen LogP contribution is -2.45. The van der Waals surface area contributed by atoms with Gasteiger partial charge < -0.3 is 9.84 Å². The van der Waals surface area contributed by atoms with Gasteiger partial charge in [-0.2, -0.15) is 4.98 Å². The lowest BCUT2D eigenvalue weighted by Gasteiger charge is -2.35. The maximum atomic E-state index is 12.9. The molecule has 0 aliphatic carbocycles. The van der Waals surface area contributed by atoms with Gasteiger partial charge >= 0.3 is 0 Å². The zero-order valence-electron chi connectivity index (χ0n) is 14.0. The largest absolute Gasteiger partial charge is 0.338 e. The number of likely N-dealkylation sites (tertiary alicyclic amines) is 1. The highest BCUT2D eigenvalue weighted by Gasteiger charge is 2.26. The normalized spacial score (nSPS) is 19.7. The molecule has 2 unspecified atom stereocenters. The molecule has 1 aliphatic rings. The maximum Gasteiger partial charge on any atom is 0.243 e. The van der Waals surface area contributed by atoms with Crippen LogP contribution in [0.1, 0.15) is 43.1 Å². The summed E-state index contributed by atoms with van der Waals surface area (Å²) in [5.74, 6) is 1.06. The highest BCUT2D eigenvalue weighted by molar-refractivity contribution is 5.85. The zero-order chi connectivity index (χ0) is 16.2. The fourth-order valence-electron chi connectivity index (χ4n) is 3.04. The maximum absolute atomic E-state index is 12.9. The quantitative estimate of drug-likeness (QED) is 0.894. The van der Waals surface area contributed by atoms with Gasteiger partial charge in [0, 0.05) is 19.0 Å². The number of nitrogens with one attached hydrogen (secondary N) is 1. The minimum atomic E-state index is -0.236. The molecule has 1 aromatic carbocycles. The predicted molar refractivity (Wildman–Crippen MR) is 92.8 cm³/mol. The lowest BCUT2D eigenvalue weighted by molar-refractivity contribution is 0.126. The molecular formula is C17H24ClFN4O. The van der Waals surface area contributed by atoms with Gasteiger partial charge in [0.25, 0.3) is 0 Å². The number of halogens is 2. The second kappa shape index (κ2) is 8.55. The fourth-order valence-corrected chi connectivity index (χ4v) is 3.04. The van der Waals surface area contributed by atoms with Crippen LogP contribution in [-0.4, -0.2) is 41.2 Å². The standard InChI is InChI=1S/C17H23FN4O.ClH/c1-12(22-9-3-4-15(11-22)19-2)17-20-16(21-23-17)10-13-5-7-14(18)8-6-13;/h5-8,12,15,19H,3-4,9-11H2,1-2H3;1H. The van der Waals surface area contributed by atoms with Crippen LogP contribution in [0.3, 0.4) is 0 Å². The van der Waals surface area contributed by atoms with E-state index >= 15 is 0 Å². The van der Waals surface area contributed by atoms with E-state index in [1.54, 1.807) is 12.1 Å². The molecule has 0 spiro atoms. The molecule has 0 radical (unpaired) electrons. The van der Waals surface area contributed by atoms with Crippen molar-refractivity contribution in [3.63, 3.8) is 0 Å². The van der Waals surface area contributed by atoms with Crippen molar-refractivity contribution in [1.29, 1.82) is 0 Å². The summed E-state index contributed by atoms with van der Waals surface area (Å²) in [5.41, 5.74) is 0.972. The zero-order valence-corrected chi connectivity index (χ0v) is 14.9. The Labute approximate surface area is 148 Å². The van der Waals surface area contributed by atoms with Crippen LogP contribution in [0.15, 0.2) is 28.8 Å². The van der Waals surface area contributed by atoms with Gasteiger partial charge in [-0.25, -0.2) is 4.39 Å². The van der Waals surface area contributed by atoms with Crippen molar-refractivity contribution in [1.82, 2.24) is 20.4 Å². The van der Waals surface area contributed by atoms with Gasteiger partial charge in [0.2, 0.25) is 5.89 Å². The summed E-state index contributed by atoms with van der Waals surface area (Å²) >= 11 is 0.